The Morgan fingerprint density at radius 2 is 1.89 bits per heavy atom. The van der Waals surface area contributed by atoms with Crippen molar-refractivity contribution >= 4 is 34.2 Å². The van der Waals surface area contributed by atoms with Crippen LogP contribution in [0.25, 0.3) is 0 Å². The average molecular weight is 493 g/mol. The molecule has 2 aromatic carbocycles. The van der Waals surface area contributed by atoms with E-state index < -0.39 is 17.6 Å². The van der Waals surface area contributed by atoms with Crippen molar-refractivity contribution in [1.82, 2.24) is 0 Å². The zero-order chi connectivity index (χ0) is 20.0. The summed E-state index contributed by atoms with van der Waals surface area (Å²) < 4.78 is 50.4. The van der Waals surface area contributed by atoms with Crippen LogP contribution in [0.2, 0.25) is 0 Å². The molecule has 0 saturated heterocycles. The van der Waals surface area contributed by atoms with Crippen LogP contribution >= 0.6 is 22.6 Å². The maximum atomic E-state index is 12.8. The third-order valence-corrected chi connectivity index (χ3v) is 4.27. The van der Waals surface area contributed by atoms with E-state index in [-0.39, 0.29) is 11.3 Å². The molecule has 146 valence electrons. The van der Waals surface area contributed by atoms with E-state index in [0.29, 0.717) is 28.3 Å². The normalized spacial score (nSPS) is 11.2. The molecule has 0 aromatic heterocycles. The molecule has 0 aliphatic rings. The Morgan fingerprint density at radius 3 is 2.52 bits per heavy atom. The molecule has 2 rings (SSSR count). The van der Waals surface area contributed by atoms with Gasteiger partial charge in [-0.05, 0) is 66.3 Å². The number of carbonyl (C=O) groups is 1. The van der Waals surface area contributed by atoms with Gasteiger partial charge in [0.25, 0.3) is 5.91 Å². The van der Waals surface area contributed by atoms with E-state index in [4.69, 9.17) is 9.47 Å². The van der Waals surface area contributed by atoms with Crippen LogP contribution in [0, 0.1) is 3.57 Å². The standard InChI is InChI=1S/C19H19F3INO3/c1-3-8-27-17-15(23)9-12(10-16(17)26-4-2)18(25)24-14-7-5-6-13(11-14)19(20,21)22/h5-7,9-11H,3-4,8H2,1-2H3,(H,24,25). The minimum absolute atomic E-state index is 0.0640. The van der Waals surface area contributed by atoms with Gasteiger partial charge in [0, 0.05) is 11.3 Å². The first-order chi connectivity index (χ1) is 12.8. The summed E-state index contributed by atoms with van der Waals surface area (Å²) in [6, 6.07) is 7.63. The van der Waals surface area contributed by atoms with E-state index in [9.17, 15) is 18.0 Å². The van der Waals surface area contributed by atoms with Crippen molar-refractivity contribution in [2.75, 3.05) is 18.5 Å². The Balaban J connectivity index is 2.28. The molecule has 1 amide bonds. The number of nitrogens with one attached hydrogen (secondary N) is 1. The van der Waals surface area contributed by atoms with Crippen molar-refractivity contribution < 1.29 is 27.4 Å². The number of hydrogen-bond donors (Lipinski definition) is 1. The third-order valence-electron chi connectivity index (χ3n) is 3.47. The first kappa shape index (κ1) is 21.3. The predicted octanol–water partition coefficient (Wildman–Crippen LogP) is 5.75. The molecule has 8 heteroatoms. The van der Waals surface area contributed by atoms with E-state index in [0.717, 1.165) is 18.6 Å². The number of amides is 1. The van der Waals surface area contributed by atoms with Crippen molar-refractivity contribution in [3.05, 3.63) is 51.1 Å². The summed E-state index contributed by atoms with van der Waals surface area (Å²) in [5, 5.41) is 2.49. The van der Waals surface area contributed by atoms with Crippen LogP contribution in [-0.2, 0) is 6.18 Å². The second kappa shape index (κ2) is 9.29. The summed E-state index contributed by atoms with van der Waals surface area (Å²) in [5.41, 5.74) is -0.494. The molecule has 0 aliphatic carbocycles. The van der Waals surface area contributed by atoms with Crippen molar-refractivity contribution in [2.24, 2.45) is 0 Å². The zero-order valence-corrected chi connectivity index (χ0v) is 17.0. The van der Waals surface area contributed by atoms with Gasteiger partial charge in [0.1, 0.15) is 0 Å². The predicted molar refractivity (Wildman–Crippen MR) is 106 cm³/mol. The number of hydrogen-bond acceptors (Lipinski definition) is 3. The molecule has 0 spiro atoms. The molecule has 0 atom stereocenters. The van der Waals surface area contributed by atoms with Crippen LogP contribution in [0.3, 0.4) is 0 Å². The fraction of sp³-hybridized carbons (Fsp3) is 0.316. The van der Waals surface area contributed by atoms with Gasteiger partial charge in [0.2, 0.25) is 0 Å². The van der Waals surface area contributed by atoms with Gasteiger partial charge in [0.15, 0.2) is 11.5 Å². The second-order valence-electron chi connectivity index (χ2n) is 5.60. The second-order valence-corrected chi connectivity index (χ2v) is 6.76. The highest BCUT2D eigenvalue weighted by Crippen LogP contribution is 2.35. The first-order valence-corrected chi connectivity index (χ1v) is 9.41. The zero-order valence-electron chi connectivity index (χ0n) is 14.8. The summed E-state index contributed by atoms with van der Waals surface area (Å²) in [6.07, 6.45) is -3.66. The molecule has 0 heterocycles. The Hall–Kier alpha value is -1.97. The summed E-state index contributed by atoms with van der Waals surface area (Å²) in [7, 11) is 0. The summed E-state index contributed by atoms with van der Waals surface area (Å²) in [6.45, 7) is 4.68. The number of carbonyl (C=O) groups excluding carboxylic acids is 1. The minimum Gasteiger partial charge on any atom is -0.490 e. The maximum absolute atomic E-state index is 12.8. The van der Waals surface area contributed by atoms with Crippen LogP contribution in [0.15, 0.2) is 36.4 Å². The molecule has 0 unspecified atom stereocenters. The molecule has 0 aliphatic heterocycles. The molecule has 4 nitrogen and oxygen atoms in total. The van der Waals surface area contributed by atoms with Gasteiger partial charge >= 0.3 is 6.18 Å². The van der Waals surface area contributed by atoms with E-state index in [2.05, 4.69) is 5.32 Å². The smallest absolute Gasteiger partial charge is 0.416 e. The van der Waals surface area contributed by atoms with Crippen LogP contribution in [-0.4, -0.2) is 19.1 Å². The van der Waals surface area contributed by atoms with E-state index >= 15 is 0 Å². The van der Waals surface area contributed by atoms with Crippen molar-refractivity contribution in [1.29, 1.82) is 0 Å². The highest BCUT2D eigenvalue weighted by molar-refractivity contribution is 14.1. The molecule has 27 heavy (non-hydrogen) atoms. The topological polar surface area (TPSA) is 47.6 Å². The monoisotopic (exact) mass is 493 g/mol. The van der Waals surface area contributed by atoms with Gasteiger partial charge in [-0.3, -0.25) is 4.79 Å². The van der Waals surface area contributed by atoms with Crippen LogP contribution in [0.4, 0.5) is 18.9 Å². The fourth-order valence-electron chi connectivity index (χ4n) is 2.28. The van der Waals surface area contributed by atoms with E-state index in [1.54, 1.807) is 6.07 Å². The van der Waals surface area contributed by atoms with Crippen LogP contribution < -0.4 is 14.8 Å². The fourth-order valence-corrected chi connectivity index (χ4v) is 3.04. The number of benzene rings is 2. The number of anilines is 1. The SMILES string of the molecule is CCCOc1c(I)cc(C(=O)Nc2cccc(C(F)(F)F)c2)cc1OCC. The molecule has 1 N–H and O–H groups in total. The largest absolute Gasteiger partial charge is 0.490 e. The van der Waals surface area contributed by atoms with E-state index in [1.807, 2.05) is 36.4 Å². The Kier molecular flexibility index (Phi) is 7.34. The van der Waals surface area contributed by atoms with Gasteiger partial charge in [-0.15, -0.1) is 0 Å². The van der Waals surface area contributed by atoms with Gasteiger partial charge in [-0.1, -0.05) is 13.0 Å². The highest BCUT2D eigenvalue weighted by Gasteiger charge is 2.30. The number of ether oxygens (including phenoxy) is 2. The lowest BCUT2D eigenvalue weighted by Crippen LogP contribution is -2.14. The lowest BCUT2D eigenvalue weighted by Gasteiger charge is -2.15. The van der Waals surface area contributed by atoms with Crippen molar-refractivity contribution in [3.8, 4) is 11.5 Å². The summed E-state index contributed by atoms with van der Waals surface area (Å²) in [5.74, 6) is 0.442. The van der Waals surface area contributed by atoms with E-state index in [1.165, 1.54) is 18.2 Å². The van der Waals surface area contributed by atoms with Crippen LogP contribution in [0.1, 0.15) is 36.2 Å². The van der Waals surface area contributed by atoms with Gasteiger partial charge < -0.3 is 14.8 Å². The Labute approximate surface area is 169 Å². The molecule has 2 aromatic rings. The highest BCUT2D eigenvalue weighted by atomic mass is 127. The van der Waals surface area contributed by atoms with Crippen molar-refractivity contribution in [3.63, 3.8) is 0 Å². The number of alkyl halides is 3. The quantitative estimate of drug-likeness (QED) is 0.500. The Bertz CT molecular complexity index is 809. The molecular formula is C19H19F3INO3. The van der Waals surface area contributed by atoms with Crippen molar-refractivity contribution in [2.45, 2.75) is 26.4 Å². The maximum Gasteiger partial charge on any atom is 0.416 e. The van der Waals surface area contributed by atoms with Crippen LogP contribution in [0.5, 0.6) is 11.5 Å². The molecular weight excluding hydrogens is 474 g/mol. The molecule has 0 saturated carbocycles. The first-order valence-electron chi connectivity index (χ1n) is 8.34. The molecule has 0 bridgehead atoms. The lowest BCUT2D eigenvalue weighted by molar-refractivity contribution is -0.137. The third kappa shape index (κ3) is 5.75. The average Bonchev–Trinajstić information content (AvgIpc) is 2.60. The van der Waals surface area contributed by atoms with Gasteiger partial charge in [-0.2, -0.15) is 13.2 Å². The Morgan fingerprint density at radius 1 is 1.15 bits per heavy atom. The number of halogens is 4. The number of rotatable bonds is 7. The van der Waals surface area contributed by atoms with Gasteiger partial charge in [0.05, 0.1) is 22.3 Å². The molecule has 0 radical (unpaired) electrons. The van der Waals surface area contributed by atoms with Gasteiger partial charge in [-0.25, -0.2) is 0 Å². The lowest BCUT2D eigenvalue weighted by atomic mass is 10.1. The molecule has 0 fully saturated rings. The minimum atomic E-state index is -4.48. The summed E-state index contributed by atoms with van der Waals surface area (Å²) >= 11 is 2.04. The summed E-state index contributed by atoms with van der Waals surface area (Å²) in [4.78, 5) is 12.5.